The fourth-order valence-corrected chi connectivity index (χ4v) is 1.84. The maximum atomic E-state index is 11.5. The summed E-state index contributed by atoms with van der Waals surface area (Å²) in [5.74, 6) is -0.468. The second-order valence-corrected chi connectivity index (χ2v) is 3.57. The van der Waals surface area contributed by atoms with Gasteiger partial charge in [0.25, 0.3) is 11.8 Å². The molecule has 0 N–H and O–H groups in total. The van der Waals surface area contributed by atoms with Crippen molar-refractivity contribution in [2.24, 2.45) is 0 Å². The van der Waals surface area contributed by atoms with Crippen molar-refractivity contribution in [3.8, 4) is 0 Å². The Balaban J connectivity index is 2.39. The van der Waals surface area contributed by atoms with Crippen LogP contribution < -0.4 is 4.90 Å². The van der Waals surface area contributed by atoms with E-state index in [1.165, 1.54) is 22.3 Å². The Hall–Kier alpha value is -1.42. The van der Waals surface area contributed by atoms with Crippen LogP contribution in [0.25, 0.3) is 0 Å². The molecule has 0 radical (unpaired) electrons. The van der Waals surface area contributed by atoms with Crippen LogP contribution in [0, 0.1) is 0 Å². The molecular weight excluding hydrogens is 186 g/mol. The van der Waals surface area contributed by atoms with Gasteiger partial charge in [-0.1, -0.05) is 0 Å². The predicted molar refractivity (Wildman–Crippen MR) is 50.6 cm³/mol. The van der Waals surface area contributed by atoms with Gasteiger partial charge in [0, 0.05) is 17.0 Å². The maximum Gasteiger partial charge on any atom is 0.261 e. The third-order valence-electron chi connectivity index (χ3n) is 1.87. The molecule has 4 heteroatoms. The molecule has 0 saturated heterocycles. The zero-order valence-electron chi connectivity index (χ0n) is 6.98. The first-order valence-electron chi connectivity index (χ1n) is 3.79. The Morgan fingerprint density at radius 2 is 2.15 bits per heavy atom. The number of anilines is 1. The van der Waals surface area contributed by atoms with Gasteiger partial charge in [-0.15, -0.1) is 0 Å². The van der Waals surface area contributed by atoms with E-state index in [1.807, 2.05) is 5.38 Å². The van der Waals surface area contributed by atoms with Crippen LogP contribution in [0.15, 0.2) is 28.5 Å². The van der Waals surface area contributed by atoms with Gasteiger partial charge in [0.2, 0.25) is 0 Å². The van der Waals surface area contributed by atoms with E-state index in [0.29, 0.717) is 11.3 Å². The molecule has 66 valence electrons. The Labute approximate surface area is 79.3 Å². The first kappa shape index (κ1) is 8.19. The molecule has 1 aromatic heterocycles. The molecule has 1 aliphatic rings. The van der Waals surface area contributed by atoms with E-state index < -0.39 is 0 Å². The third-order valence-corrected chi connectivity index (χ3v) is 2.54. The molecule has 2 rings (SSSR count). The van der Waals surface area contributed by atoms with Crippen LogP contribution in [-0.4, -0.2) is 11.8 Å². The molecule has 1 aromatic rings. The van der Waals surface area contributed by atoms with E-state index in [4.69, 9.17) is 0 Å². The summed E-state index contributed by atoms with van der Waals surface area (Å²) in [5, 5.41) is 3.62. The molecule has 13 heavy (non-hydrogen) atoms. The van der Waals surface area contributed by atoms with Crippen LogP contribution in [0.4, 0.5) is 5.69 Å². The molecule has 1 aliphatic heterocycles. The van der Waals surface area contributed by atoms with E-state index >= 15 is 0 Å². The largest absolute Gasteiger partial charge is 0.269 e. The Kier molecular flexibility index (Phi) is 1.77. The zero-order valence-corrected chi connectivity index (χ0v) is 7.80. The van der Waals surface area contributed by atoms with Gasteiger partial charge in [-0.2, -0.15) is 11.3 Å². The number of hydrogen-bond acceptors (Lipinski definition) is 3. The highest BCUT2D eigenvalue weighted by atomic mass is 32.1. The van der Waals surface area contributed by atoms with Crippen molar-refractivity contribution < 1.29 is 9.59 Å². The molecule has 2 amide bonds. The minimum Gasteiger partial charge on any atom is -0.269 e. The number of imide groups is 1. The molecule has 0 fully saturated rings. The smallest absolute Gasteiger partial charge is 0.261 e. The van der Waals surface area contributed by atoms with Gasteiger partial charge in [0.05, 0.1) is 5.69 Å². The number of rotatable bonds is 1. The lowest BCUT2D eigenvalue weighted by atomic mass is 10.3. The number of nitrogens with zero attached hydrogens (tertiary/aromatic N) is 1. The maximum absolute atomic E-state index is 11.5. The molecule has 0 unspecified atom stereocenters. The molecule has 3 nitrogen and oxygen atoms in total. The lowest BCUT2D eigenvalue weighted by Crippen LogP contribution is -2.29. The van der Waals surface area contributed by atoms with Gasteiger partial charge in [-0.25, -0.2) is 4.90 Å². The van der Waals surface area contributed by atoms with Crippen molar-refractivity contribution in [2.75, 3.05) is 4.90 Å². The van der Waals surface area contributed by atoms with Crippen LogP contribution in [-0.2, 0) is 9.59 Å². The van der Waals surface area contributed by atoms with Gasteiger partial charge < -0.3 is 0 Å². The lowest BCUT2D eigenvalue weighted by Gasteiger charge is -2.11. The van der Waals surface area contributed by atoms with Crippen molar-refractivity contribution in [1.29, 1.82) is 0 Å². The van der Waals surface area contributed by atoms with E-state index in [9.17, 15) is 9.59 Å². The van der Waals surface area contributed by atoms with Crippen LogP contribution in [0.3, 0.4) is 0 Å². The minimum absolute atomic E-state index is 0.219. The molecular formula is C9H7NO2S. The van der Waals surface area contributed by atoms with Gasteiger partial charge >= 0.3 is 0 Å². The second kappa shape index (κ2) is 2.81. The average molecular weight is 193 g/mol. The van der Waals surface area contributed by atoms with Crippen molar-refractivity contribution in [3.05, 3.63) is 28.5 Å². The number of hydrogen-bond donors (Lipinski definition) is 0. The van der Waals surface area contributed by atoms with Crippen molar-refractivity contribution in [2.45, 2.75) is 6.92 Å². The molecule has 0 saturated carbocycles. The minimum atomic E-state index is -0.249. The Morgan fingerprint density at radius 3 is 2.62 bits per heavy atom. The summed E-state index contributed by atoms with van der Waals surface area (Å²) in [6.07, 6.45) is 1.36. The molecule has 0 atom stereocenters. The highest BCUT2D eigenvalue weighted by molar-refractivity contribution is 7.08. The summed E-state index contributed by atoms with van der Waals surface area (Å²) in [7, 11) is 0. The van der Waals surface area contributed by atoms with Crippen LogP contribution in [0.2, 0.25) is 0 Å². The third kappa shape index (κ3) is 1.19. The SMILES string of the molecule is CC1=CC(=O)N(c2ccsc2)C1=O. The summed E-state index contributed by atoms with van der Waals surface area (Å²) in [5.41, 5.74) is 1.16. The van der Waals surface area contributed by atoms with Crippen molar-refractivity contribution >= 4 is 28.8 Å². The van der Waals surface area contributed by atoms with Gasteiger partial charge in [0.15, 0.2) is 0 Å². The van der Waals surface area contributed by atoms with Crippen LogP contribution in [0.1, 0.15) is 6.92 Å². The fraction of sp³-hybridized carbons (Fsp3) is 0.111. The van der Waals surface area contributed by atoms with Gasteiger partial charge in [-0.3, -0.25) is 9.59 Å². The Bertz CT molecular complexity index is 392. The summed E-state index contributed by atoms with van der Waals surface area (Å²) < 4.78 is 0. The highest BCUT2D eigenvalue weighted by Crippen LogP contribution is 2.24. The monoisotopic (exact) mass is 193 g/mol. The second-order valence-electron chi connectivity index (χ2n) is 2.79. The topological polar surface area (TPSA) is 37.4 Å². The molecule has 2 heterocycles. The van der Waals surface area contributed by atoms with E-state index in [1.54, 1.807) is 18.4 Å². The van der Waals surface area contributed by atoms with Crippen LogP contribution >= 0.6 is 11.3 Å². The molecule has 0 bridgehead atoms. The molecule has 0 spiro atoms. The normalized spacial score (nSPS) is 16.7. The summed E-state index contributed by atoms with van der Waals surface area (Å²) in [6.45, 7) is 1.65. The summed E-state index contributed by atoms with van der Waals surface area (Å²) >= 11 is 1.46. The number of thiophene rings is 1. The molecule has 0 aromatic carbocycles. The van der Waals surface area contributed by atoms with Crippen LogP contribution in [0.5, 0.6) is 0 Å². The van der Waals surface area contributed by atoms with Crippen molar-refractivity contribution in [3.63, 3.8) is 0 Å². The van der Waals surface area contributed by atoms with Crippen molar-refractivity contribution in [1.82, 2.24) is 0 Å². The van der Waals surface area contributed by atoms with E-state index in [0.717, 1.165) is 0 Å². The van der Waals surface area contributed by atoms with E-state index in [2.05, 4.69) is 0 Å². The predicted octanol–water partition coefficient (Wildman–Crippen LogP) is 1.57. The standard InChI is InChI=1S/C9H7NO2S/c1-6-4-8(11)10(9(6)12)7-2-3-13-5-7/h2-5H,1H3. The number of amides is 2. The number of carbonyl (C=O) groups excluding carboxylic acids is 2. The first-order chi connectivity index (χ1) is 6.20. The molecule has 0 aliphatic carbocycles. The summed E-state index contributed by atoms with van der Waals surface area (Å²) in [4.78, 5) is 24.0. The Morgan fingerprint density at radius 1 is 1.38 bits per heavy atom. The number of carbonyl (C=O) groups is 2. The zero-order chi connectivity index (χ0) is 9.42. The average Bonchev–Trinajstić information content (AvgIpc) is 2.63. The quantitative estimate of drug-likeness (QED) is 0.635. The highest BCUT2D eigenvalue weighted by Gasteiger charge is 2.29. The first-order valence-corrected chi connectivity index (χ1v) is 4.73. The van der Waals surface area contributed by atoms with Gasteiger partial charge in [-0.05, 0) is 18.4 Å². The fourth-order valence-electron chi connectivity index (χ4n) is 1.22. The summed E-state index contributed by atoms with van der Waals surface area (Å²) in [6, 6.07) is 1.76. The van der Waals surface area contributed by atoms with E-state index in [-0.39, 0.29) is 11.8 Å². The lowest BCUT2D eigenvalue weighted by molar-refractivity contribution is -0.120. The van der Waals surface area contributed by atoms with Gasteiger partial charge in [0.1, 0.15) is 0 Å².